The highest BCUT2D eigenvalue weighted by Gasteiger charge is 2.37. The summed E-state index contributed by atoms with van der Waals surface area (Å²) < 4.78 is 2.22. The predicted octanol–water partition coefficient (Wildman–Crippen LogP) is 2.42. The van der Waals surface area contributed by atoms with E-state index in [1.54, 1.807) is 0 Å². The largest absolute Gasteiger partial charge is 0.480 e. The molecule has 0 amide bonds. The fourth-order valence-corrected chi connectivity index (χ4v) is 4.41. The Hall–Kier alpha value is -1.40. The topological polar surface area (TPSA) is 70.4 Å². The Labute approximate surface area is 149 Å². The van der Waals surface area contributed by atoms with Gasteiger partial charge in [-0.25, -0.2) is 0 Å². The van der Waals surface area contributed by atoms with Crippen molar-refractivity contribution in [3.8, 4) is 0 Å². The molecule has 0 unspecified atom stereocenters. The Kier molecular flexibility index (Phi) is 5.08. The maximum absolute atomic E-state index is 11.1. The lowest BCUT2D eigenvalue weighted by Gasteiger charge is -2.43. The van der Waals surface area contributed by atoms with Crippen LogP contribution in [0.1, 0.15) is 63.1 Å². The maximum atomic E-state index is 11.1. The van der Waals surface area contributed by atoms with Crippen LogP contribution in [0.25, 0.3) is 0 Å². The average Bonchev–Trinajstić information content (AvgIpc) is 3.00. The Bertz CT molecular complexity index is 586. The average molecular weight is 346 g/mol. The van der Waals surface area contributed by atoms with E-state index < -0.39 is 5.97 Å². The molecule has 2 N–H and O–H groups in total. The van der Waals surface area contributed by atoms with Crippen molar-refractivity contribution in [1.29, 1.82) is 0 Å². The minimum atomic E-state index is -0.697. The van der Waals surface area contributed by atoms with Crippen LogP contribution in [0.15, 0.2) is 12.3 Å². The third kappa shape index (κ3) is 4.23. The van der Waals surface area contributed by atoms with Gasteiger partial charge in [-0.2, -0.15) is 5.10 Å². The molecular formula is C19H30N4O2. The molecule has 0 saturated heterocycles. The number of carboxylic acids is 1. The summed E-state index contributed by atoms with van der Waals surface area (Å²) in [5.74, 6) is 0.0460. The second kappa shape index (κ2) is 7.46. The van der Waals surface area contributed by atoms with Gasteiger partial charge >= 0.3 is 5.97 Å². The SMILES string of the molecule is O=C(O)CN(CC1CC1)C1CC(NCc2ccnn2C2CCCC2)C1. The molecule has 25 heavy (non-hydrogen) atoms. The van der Waals surface area contributed by atoms with Crippen LogP contribution in [0.4, 0.5) is 0 Å². The molecule has 6 nitrogen and oxygen atoms in total. The number of nitrogens with zero attached hydrogens (tertiary/aromatic N) is 3. The minimum absolute atomic E-state index is 0.197. The predicted molar refractivity (Wildman–Crippen MR) is 95.3 cm³/mol. The molecule has 0 bridgehead atoms. The summed E-state index contributed by atoms with van der Waals surface area (Å²) in [5, 5.41) is 17.3. The van der Waals surface area contributed by atoms with Gasteiger partial charge in [-0.05, 0) is 50.5 Å². The van der Waals surface area contributed by atoms with Crippen LogP contribution in [0.5, 0.6) is 0 Å². The molecule has 6 heteroatoms. The standard InChI is InChI=1S/C19H30N4O2/c24-19(25)13-22(12-14-5-6-14)18-9-15(10-18)20-11-17-7-8-21-23(17)16-3-1-2-4-16/h7-8,14-16,18,20H,1-6,9-13H2,(H,24,25). The zero-order valence-electron chi connectivity index (χ0n) is 14.9. The van der Waals surface area contributed by atoms with Crippen molar-refractivity contribution in [2.75, 3.05) is 13.1 Å². The quantitative estimate of drug-likeness (QED) is 0.718. The summed E-state index contributed by atoms with van der Waals surface area (Å²) in [7, 11) is 0. The van der Waals surface area contributed by atoms with Gasteiger partial charge in [0.25, 0.3) is 0 Å². The van der Waals surface area contributed by atoms with Gasteiger partial charge in [0.1, 0.15) is 0 Å². The highest BCUT2D eigenvalue weighted by atomic mass is 16.4. The molecule has 3 aliphatic rings. The molecule has 1 heterocycles. The molecule has 0 radical (unpaired) electrons. The molecular weight excluding hydrogens is 316 g/mol. The van der Waals surface area contributed by atoms with Crippen molar-refractivity contribution in [2.45, 2.75) is 76.0 Å². The van der Waals surface area contributed by atoms with Crippen LogP contribution >= 0.6 is 0 Å². The van der Waals surface area contributed by atoms with E-state index in [0.29, 0.717) is 18.1 Å². The van der Waals surface area contributed by atoms with Crippen molar-refractivity contribution >= 4 is 5.97 Å². The van der Waals surface area contributed by atoms with E-state index in [2.05, 4.69) is 26.1 Å². The molecule has 3 aliphatic carbocycles. The van der Waals surface area contributed by atoms with Gasteiger partial charge in [0, 0.05) is 31.4 Å². The van der Waals surface area contributed by atoms with Gasteiger partial charge in [0.2, 0.25) is 0 Å². The molecule has 0 aliphatic heterocycles. The Morgan fingerprint density at radius 1 is 1.28 bits per heavy atom. The first-order chi connectivity index (χ1) is 12.2. The summed E-state index contributed by atoms with van der Waals surface area (Å²) in [6, 6.07) is 3.66. The van der Waals surface area contributed by atoms with Crippen molar-refractivity contribution in [2.24, 2.45) is 5.92 Å². The van der Waals surface area contributed by atoms with Gasteiger partial charge in [-0.1, -0.05) is 12.8 Å². The monoisotopic (exact) mass is 346 g/mol. The number of hydrogen-bond donors (Lipinski definition) is 2. The maximum Gasteiger partial charge on any atom is 0.317 e. The van der Waals surface area contributed by atoms with Gasteiger partial charge in [-0.3, -0.25) is 14.4 Å². The van der Waals surface area contributed by atoms with Crippen LogP contribution in [-0.2, 0) is 11.3 Å². The fourth-order valence-electron chi connectivity index (χ4n) is 4.41. The third-order valence-corrected chi connectivity index (χ3v) is 6.15. The minimum Gasteiger partial charge on any atom is -0.480 e. The van der Waals surface area contributed by atoms with Crippen molar-refractivity contribution in [3.05, 3.63) is 18.0 Å². The van der Waals surface area contributed by atoms with Crippen LogP contribution in [0.2, 0.25) is 0 Å². The molecule has 3 fully saturated rings. The smallest absolute Gasteiger partial charge is 0.317 e. The van der Waals surface area contributed by atoms with Crippen molar-refractivity contribution in [3.63, 3.8) is 0 Å². The third-order valence-electron chi connectivity index (χ3n) is 6.15. The zero-order valence-corrected chi connectivity index (χ0v) is 14.9. The fraction of sp³-hybridized carbons (Fsp3) is 0.789. The van der Waals surface area contributed by atoms with Gasteiger partial charge < -0.3 is 10.4 Å². The van der Waals surface area contributed by atoms with E-state index in [1.807, 2.05) is 6.20 Å². The Balaban J connectivity index is 1.24. The second-order valence-corrected chi connectivity index (χ2v) is 8.18. The molecule has 3 saturated carbocycles. The van der Waals surface area contributed by atoms with Crippen LogP contribution < -0.4 is 5.32 Å². The van der Waals surface area contributed by atoms with Gasteiger partial charge in [0.05, 0.1) is 18.3 Å². The summed E-state index contributed by atoms with van der Waals surface area (Å²) in [6.07, 6.45) is 11.8. The second-order valence-electron chi connectivity index (χ2n) is 8.18. The first-order valence-electron chi connectivity index (χ1n) is 9.90. The summed E-state index contributed by atoms with van der Waals surface area (Å²) in [4.78, 5) is 13.3. The van der Waals surface area contributed by atoms with E-state index in [-0.39, 0.29) is 6.54 Å². The zero-order chi connectivity index (χ0) is 17.2. The van der Waals surface area contributed by atoms with Crippen molar-refractivity contribution in [1.82, 2.24) is 20.0 Å². The molecule has 0 spiro atoms. The van der Waals surface area contributed by atoms with E-state index in [0.717, 1.165) is 31.8 Å². The molecule has 1 aromatic heterocycles. The summed E-state index contributed by atoms with van der Waals surface area (Å²) in [6.45, 7) is 2.04. The lowest BCUT2D eigenvalue weighted by molar-refractivity contribution is -0.139. The van der Waals surface area contributed by atoms with Gasteiger partial charge in [0.15, 0.2) is 0 Å². The lowest BCUT2D eigenvalue weighted by Crippen LogP contribution is -2.54. The van der Waals surface area contributed by atoms with E-state index in [1.165, 1.54) is 44.2 Å². The highest BCUT2D eigenvalue weighted by Crippen LogP contribution is 2.34. The molecule has 1 aromatic rings. The summed E-state index contributed by atoms with van der Waals surface area (Å²) in [5.41, 5.74) is 1.29. The van der Waals surface area contributed by atoms with Crippen LogP contribution in [0, 0.1) is 5.92 Å². The number of carboxylic acid groups (broad SMARTS) is 1. The first kappa shape index (κ1) is 17.0. The first-order valence-corrected chi connectivity index (χ1v) is 9.90. The number of carbonyl (C=O) groups is 1. The number of nitrogens with one attached hydrogen (secondary N) is 1. The van der Waals surface area contributed by atoms with E-state index in [9.17, 15) is 4.79 Å². The van der Waals surface area contributed by atoms with E-state index >= 15 is 0 Å². The molecule has 4 rings (SSSR count). The van der Waals surface area contributed by atoms with Gasteiger partial charge in [-0.15, -0.1) is 0 Å². The number of rotatable bonds is 9. The lowest BCUT2D eigenvalue weighted by atomic mass is 9.85. The Morgan fingerprint density at radius 3 is 2.72 bits per heavy atom. The molecule has 138 valence electrons. The highest BCUT2D eigenvalue weighted by molar-refractivity contribution is 5.69. The number of aliphatic carboxylic acids is 1. The normalized spacial score (nSPS) is 26.9. The number of aromatic nitrogens is 2. The number of hydrogen-bond acceptors (Lipinski definition) is 4. The van der Waals surface area contributed by atoms with E-state index in [4.69, 9.17) is 5.11 Å². The molecule has 0 aromatic carbocycles. The molecule has 0 atom stereocenters. The van der Waals surface area contributed by atoms with Crippen LogP contribution in [-0.4, -0.2) is 50.9 Å². The summed E-state index contributed by atoms with van der Waals surface area (Å²) >= 11 is 0. The van der Waals surface area contributed by atoms with Crippen LogP contribution in [0.3, 0.4) is 0 Å². The van der Waals surface area contributed by atoms with Crippen molar-refractivity contribution < 1.29 is 9.90 Å². The Morgan fingerprint density at radius 2 is 2.04 bits per heavy atom.